The maximum Gasteiger partial charge on any atom is 0.126 e. The molecule has 2 heteroatoms. The van der Waals surface area contributed by atoms with E-state index in [0.717, 1.165) is 17.7 Å². The monoisotopic (exact) mass is 195 g/mol. The van der Waals surface area contributed by atoms with Gasteiger partial charge < -0.3 is 5.32 Å². The van der Waals surface area contributed by atoms with Crippen molar-refractivity contribution in [3.8, 4) is 0 Å². The summed E-state index contributed by atoms with van der Waals surface area (Å²) in [6, 6.07) is 5.31. The molecule has 1 aromatic carbocycles. The van der Waals surface area contributed by atoms with Gasteiger partial charge in [-0.3, -0.25) is 0 Å². The van der Waals surface area contributed by atoms with Gasteiger partial charge in [0.25, 0.3) is 0 Å². The van der Waals surface area contributed by atoms with E-state index in [2.05, 4.69) is 5.32 Å². The smallest absolute Gasteiger partial charge is 0.126 e. The number of halogens is 1. The minimum absolute atomic E-state index is 0.114. The van der Waals surface area contributed by atoms with Crippen molar-refractivity contribution in [1.29, 1.82) is 0 Å². The molecule has 0 unspecified atom stereocenters. The van der Waals surface area contributed by atoms with Crippen LogP contribution in [0.25, 0.3) is 0 Å². The average Bonchev–Trinajstić information content (AvgIpc) is 2.07. The maximum absolute atomic E-state index is 13.5. The van der Waals surface area contributed by atoms with Crippen LogP contribution < -0.4 is 5.32 Å². The third kappa shape index (κ3) is 2.55. The zero-order chi connectivity index (χ0) is 10.8. The standard InChI is InChI=1S/C12H18FN/c1-12(2,3)10-7-9(8-14-4)5-6-11(10)13/h5-7,14H,8H2,1-4H3. The summed E-state index contributed by atoms with van der Waals surface area (Å²) in [5.74, 6) is -0.114. The van der Waals surface area contributed by atoms with Crippen molar-refractivity contribution in [3.63, 3.8) is 0 Å². The van der Waals surface area contributed by atoms with Gasteiger partial charge in [-0.05, 0) is 29.7 Å². The van der Waals surface area contributed by atoms with E-state index in [1.807, 2.05) is 40.0 Å². The molecule has 0 bridgehead atoms. The SMILES string of the molecule is CNCc1ccc(F)c(C(C)(C)C)c1. The zero-order valence-corrected chi connectivity index (χ0v) is 9.32. The van der Waals surface area contributed by atoms with Crippen molar-refractivity contribution in [2.24, 2.45) is 0 Å². The van der Waals surface area contributed by atoms with Crippen molar-refractivity contribution in [1.82, 2.24) is 5.32 Å². The fourth-order valence-corrected chi connectivity index (χ4v) is 1.46. The second-order valence-corrected chi connectivity index (χ2v) is 4.59. The normalized spacial score (nSPS) is 11.8. The van der Waals surface area contributed by atoms with Crippen LogP contribution in [0.1, 0.15) is 31.9 Å². The van der Waals surface area contributed by atoms with Gasteiger partial charge in [-0.15, -0.1) is 0 Å². The highest BCUT2D eigenvalue weighted by Gasteiger charge is 2.18. The molecule has 0 aliphatic carbocycles. The van der Waals surface area contributed by atoms with E-state index in [4.69, 9.17) is 0 Å². The third-order valence-electron chi connectivity index (χ3n) is 2.22. The minimum Gasteiger partial charge on any atom is -0.316 e. The van der Waals surface area contributed by atoms with Gasteiger partial charge in [0.15, 0.2) is 0 Å². The molecule has 1 rings (SSSR count). The molecular formula is C12H18FN. The molecule has 0 saturated carbocycles. The van der Waals surface area contributed by atoms with Gasteiger partial charge in [-0.1, -0.05) is 32.9 Å². The van der Waals surface area contributed by atoms with E-state index >= 15 is 0 Å². The van der Waals surface area contributed by atoms with Gasteiger partial charge in [0.2, 0.25) is 0 Å². The van der Waals surface area contributed by atoms with E-state index in [-0.39, 0.29) is 11.2 Å². The summed E-state index contributed by atoms with van der Waals surface area (Å²) in [5.41, 5.74) is 1.78. The molecule has 0 fully saturated rings. The highest BCUT2D eigenvalue weighted by Crippen LogP contribution is 2.25. The number of hydrogen-bond acceptors (Lipinski definition) is 1. The van der Waals surface area contributed by atoms with Crippen LogP contribution in [0.3, 0.4) is 0 Å². The Morgan fingerprint density at radius 2 is 1.93 bits per heavy atom. The molecule has 0 saturated heterocycles. The van der Waals surface area contributed by atoms with Crippen LogP contribution in [-0.4, -0.2) is 7.05 Å². The fourth-order valence-electron chi connectivity index (χ4n) is 1.46. The quantitative estimate of drug-likeness (QED) is 0.765. The van der Waals surface area contributed by atoms with E-state index in [9.17, 15) is 4.39 Å². The largest absolute Gasteiger partial charge is 0.316 e. The van der Waals surface area contributed by atoms with Crippen molar-refractivity contribution in [3.05, 3.63) is 35.1 Å². The van der Waals surface area contributed by atoms with Crippen LogP contribution >= 0.6 is 0 Å². The molecule has 1 aromatic rings. The van der Waals surface area contributed by atoms with Crippen LogP contribution in [0.5, 0.6) is 0 Å². The molecule has 1 N–H and O–H groups in total. The van der Waals surface area contributed by atoms with Crippen molar-refractivity contribution < 1.29 is 4.39 Å². The van der Waals surface area contributed by atoms with Crippen LogP contribution in [0.15, 0.2) is 18.2 Å². The Labute approximate surface area is 85.3 Å². The highest BCUT2D eigenvalue weighted by atomic mass is 19.1. The molecule has 0 radical (unpaired) electrons. The van der Waals surface area contributed by atoms with Crippen LogP contribution in [-0.2, 0) is 12.0 Å². The molecule has 1 nitrogen and oxygen atoms in total. The second-order valence-electron chi connectivity index (χ2n) is 4.59. The topological polar surface area (TPSA) is 12.0 Å². The number of benzene rings is 1. The molecule has 0 aliphatic rings. The Morgan fingerprint density at radius 1 is 1.29 bits per heavy atom. The van der Waals surface area contributed by atoms with Crippen molar-refractivity contribution >= 4 is 0 Å². The summed E-state index contributed by atoms with van der Waals surface area (Å²) in [6.07, 6.45) is 0. The molecular weight excluding hydrogens is 177 g/mol. The first-order valence-electron chi connectivity index (χ1n) is 4.88. The number of rotatable bonds is 2. The predicted octanol–water partition coefficient (Wildman–Crippen LogP) is 2.84. The van der Waals surface area contributed by atoms with Gasteiger partial charge in [0, 0.05) is 6.54 Å². The molecule has 0 amide bonds. The predicted molar refractivity (Wildman–Crippen MR) is 57.9 cm³/mol. The van der Waals surface area contributed by atoms with Gasteiger partial charge in [-0.25, -0.2) is 4.39 Å². The number of nitrogens with one attached hydrogen (secondary N) is 1. The van der Waals surface area contributed by atoms with E-state index in [0.29, 0.717) is 0 Å². The lowest BCUT2D eigenvalue weighted by Gasteiger charge is -2.20. The summed E-state index contributed by atoms with van der Waals surface area (Å²) in [4.78, 5) is 0. The lowest BCUT2D eigenvalue weighted by Crippen LogP contribution is -2.15. The van der Waals surface area contributed by atoms with E-state index in [1.165, 1.54) is 0 Å². The first-order valence-corrected chi connectivity index (χ1v) is 4.88. The van der Waals surface area contributed by atoms with E-state index < -0.39 is 0 Å². The van der Waals surface area contributed by atoms with Gasteiger partial charge >= 0.3 is 0 Å². The Balaban J connectivity index is 3.09. The maximum atomic E-state index is 13.5. The molecule has 0 heterocycles. The molecule has 0 atom stereocenters. The zero-order valence-electron chi connectivity index (χ0n) is 9.32. The number of hydrogen-bond donors (Lipinski definition) is 1. The molecule has 0 aliphatic heterocycles. The van der Waals surface area contributed by atoms with Gasteiger partial charge in [0.1, 0.15) is 5.82 Å². The Hall–Kier alpha value is -0.890. The van der Waals surface area contributed by atoms with Crippen molar-refractivity contribution in [2.75, 3.05) is 7.05 Å². The summed E-state index contributed by atoms with van der Waals surface area (Å²) in [5, 5.41) is 3.06. The first kappa shape index (κ1) is 11.2. The Kier molecular flexibility index (Phi) is 3.27. The van der Waals surface area contributed by atoms with E-state index in [1.54, 1.807) is 6.07 Å². The fraction of sp³-hybridized carbons (Fsp3) is 0.500. The lowest BCUT2D eigenvalue weighted by atomic mass is 9.86. The molecule has 0 spiro atoms. The molecule has 14 heavy (non-hydrogen) atoms. The average molecular weight is 195 g/mol. The minimum atomic E-state index is -0.131. The van der Waals surface area contributed by atoms with Gasteiger partial charge in [0.05, 0.1) is 0 Å². The summed E-state index contributed by atoms with van der Waals surface area (Å²) < 4.78 is 13.5. The van der Waals surface area contributed by atoms with Gasteiger partial charge in [-0.2, -0.15) is 0 Å². The van der Waals surface area contributed by atoms with Crippen LogP contribution in [0.4, 0.5) is 4.39 Å². The first-order chi connectivity index (χ1) is 6.45. The third-order valence-corrected chi connectivity index (χ3v) is 2.22. The molecule has 0 aromatic heterocycles. The summed E-state index contributed by atoms with van der Waals surface area (Å²) >= 11 is 0. The molecule has 78 valence electrons. The summed E-state index contributed by atoms with van der Waals surface area (Å²) in [6.45, 7) is 6.85. The Bertz CT molecular complexity index is 313. The summed E-state index contributed by atoms with van der Waals surface area (Å²) in [7, 11) is 1.89. The Morgan fingerprint density at radius 3 is 2.43 bits per heavy atom. The highest BCUT2D eigenvalue weighted by molar-refractivity contribution is 5.30. The van der Waals surface area contributed by atoms with Crippen LogP contribution in [0.2, 0.25) is 0 Å². The van der Waals surface area contributed by atoms with Crippen LogP contribution in [0, 0.1) is 5.82 Å². The van der Waals surface area contributed by atoms with Crippen molar-refractivity contribution in [2.45, 2.75) is 32.7 Å². The lowest BCUT2D eigenvalue weighted by molar-refractivity contribution is 0.521. The second kappa shape index (κ2) is 4.09.